The third-order valence-corrected chi connectivity index (χ3v) is 3.29. The number of ether oxygens (including phenoxy) is 3. The maximum absolute atomic E-state index is 6.06. The molecule has 0 radical (unpaired) electrons. The molecule has 1 aliphatic heterocycles. The van der Waals surface area contributed by atoms with Crippen molar-refractivity contribution >= 4 is 11.6 Å². The number of rotatable bonds is 4. The topological polar surface area (TPSA) is 39.7 Å². The third kappa shape index (κ3) is 2.95. The van der Waals surface area contributed by atoms with Crippen LogP contribution in [0.2, 0.25) is 5.02 Å². The van der Waals surface area contributed by atoms with E-state index in [-0.39, 0.29) is 12.1 Å². The van der Waals surface area contributed by atoms with Gasteiger partial charge in [0.2, 0.25) is 0 Å². The van der Waals surface area contributed by atoms with E-state index in [9.17, 15) is 0 Å². The average Bonchev–Trinajstić information content (AvgIpc) is 2.41. The minimum Gasteiger partial charge on any atom is -0.496 e. The number of likely N-dealkylation sites (N-methyl/N-ethyl adjacent to an activating group) is 1. The van der Waals surface area contributed by atoms with Crippen LogP contribution in [0.25, 0.3) is 0 Å². The largest absolute Gasteiger partial charge is 0.496 e. The Bertz CT molecular complexity index is 394. The van der Waals surface area contributed by atoms with Gasteiger partial charge in [-0.05, 0) is 25.2 Å². The first kappa shape index (κ1) is 13.6. The van der Waals surface area contributed by atoms with Crippen LogP contribution in [-0.4, -0.2) is 40.1 Å². The van der Waals surface area contributed by atoms with E-state index in [2.05, 4.69) is 5.32 Å². The Hall–Kier alpha value is -0.810. The van der Waals surface area contributed by atoms with Gasteiger partial charge in [-0.15, -0.1) is 0 Å². The van der Waals surface area contributed by atoms with E-state index in [1.54, 1.807) is 7.11 Å². The molecular weight excluding hydrogens is 254 g/mol. The van der Waals surface area contributed by atoms with Crippen LogP contribution in [0.5, 0.6) is 5.75 Å². The van der Waals surface area contributed by atoms with Gasteiger partial charge in [-0.1, -0.05) is 11.6 Å². The zero-order chi connectivity index (χ0) is 13.0. The van der Waals surface area contributed by atoms with Gasteiger partial charge >= 0.3 is 0 Å². The fourth-order valence-electron chi connectivity index (χ4n) is 2.19. The smallest absolute Gasteiger partial charge is 0.123 e. The molecule has 0 spiro atoms. The molecule has 100 valence electrons. The molecule has 1 aliphatic rings. The Labute approximate surface area is 112 Å². The van der Waals surface area contributed by atoms with E-state index < -0.39 is 0 Å². The molecule has 1 aromatic carbocycles. The maximum atomic E-state index is 6.06. The first-order valence-corrected chi connectivity index (χ1v) is 6.34. The summed E-state index contributed by atoms with van der Waals surface area (Å²) in [4.78, 5) is 0. The Kier molecular flexibility index (Phi) is 4.83. The highest BCUT2D eigenvalue weighted by atomic mass is 35.5. The van der Waals surface area contributed by atoms with E-state index in [1.165, 1.54) is 0 Å². The van der Waals surface area contributed by atoms with Crippen LogP contribution in [0.4, 0.5) is 0 Å². The molecule has 0 bridgehead atoms. The molecule has 2 atom stereocenters. The van der Waals surface area contributed by atoms with Gasteiger partial charge in [0, 0.05) is 10.6 Å². The van der Waals surface area contributed by atoms with Crippen LogP contribution in [-0.2, 0) is 9.47 Å². The molecule has 1 saturated heterocycles. The minimum absolute atomic E-state index is 0.000972. The molecule has 4 nitrogen and oxygen atoms in total. The molecule has 1 heterocycles. The average molecular weight is 272 g/mol. The standard InChI is InChI=1S/C13H18ClNO3/c1-15-13(12-8-17-5-6-18-12)10-7-9(14)3-4-11(10)16-2/h3-4,7,12-13,15H,5-6,8H2,1-2H3. The van der Waals surface area contributed by atoms with E-state index in [1.807, 2.05) is 25.2 Å². The van der Waals surface area contributed by atoms with E-state index >= 15 is 0 Å². The van der Waals surface area contributed by atoms with Gasteiger partial charge in [0.1, 0.15) is 11.9 Å². The lowest BCUT2D eigenvalue weighted by molar-refractivity contribution is -0.101. The van der Waals surface area contributed by atoms with Crippen LogP contribution in [0, 0.1) is 0 Å². The highest BCUT2D eigenvalue weighted by Gasteiger charge is 2.27. The zero-order valence-electron chi connectivity index (χ0n) is 10.6. The first-order chi connectivity index (χ1) is 8.76. The van der Waals surface area contributed by atoms with Crippen molar-refractivity contribution in [1.82, 2.24) is 5.32 Å². The SMILES string of the molecule is CNC(c1cc(Cl)ccc1OC)C1COCCO1. The second-order valence-electron chi connectivity index (χ2n) is 4.14. The number of methoxy groups -OCH3 is 1. The second-order valence-corrected chi connectivity index (χ2v) is 4.57. The molecule has 2 rings (SSSR count). The lowest BCUT2D eigenvalue weighted by atomic mass is 10.0. The second kappa shape index (κ2) is 6.38. The van der Waals surface area contributed by atoms with Crippen LogP contribution in [0.1, 0.15) is 11.6 Å². The van der Waals surface area contributed by atoms with Crippen molar-refractivity contribution in [2.45, 2.75) is 12.1 Å². The van der Waals surface area contributed by atoms with Crippen LogP contribution < -0.4 is 10.1 Å². The Morgan fingerprint density at radius 3 is 2.89 bits per heavy atom. The lowest BCUT2D eigenvalue weighted by Gasteiger charge is -2.31. The highest BCUT2D eigenvalue weighted by Crippen LogP contribution is 2.31. The third-order valence-electron chi connectivity index (χ3n) is 3.05. The summed E-state index contributed by atoms with van der Waals surface area (Å²) in [6, 6.07) is 5.58. The van der Waals surface area contributed by atoms with Crippen molar-refractivity contribution in [3.05, 3.63) is 28.8 Å². The molecule has 0 aromatic heterocycles. The number of halogens is 1. The quantitative estimate of drug-likeness (QED) is 0.910. The summed E-state index contributed by atoms with van der Waals surface area (Å²) in [5.74, 6) is 0.799. The molecule has 0 saturated carbocycles. The molecule has 0 amide bonds. The fourth-order valence-corrected chi connectivity index (χ4v) is 2.37. The zero-order valence-corrected chi connectivity index (χ0v) is 11.4. The van der Waals surface area contributed by atoms with Gasteiger partial charge in [-0.2, -0.15) is 0 Å². The first-order valence-electron chi connectivity index (χ1n) is 5.96. The summed E-state index contributed by atoms with van der Waals surface area (Å²) in [6.45, 7) is 1.84. The Morgan fingerprint density at radius 2 is 2.28 bits per heavy atom. The summed E-state index contributed by atoms with van der Waals surface area (Å²) in [6.07, 6.45) is -0.0314. The molecule has 18 heavy (non-hydrogen) atoms. The maximum Gasteiger partial charge on any atom is 0.123 e. The fraction of sp³-hybridized carbons (Fsp3) is 0.538. The Morgan fingerprint density at radius 1 is 1.44 bits per heavy atom. The van der Waals surface area contributed by atoms with Crippen LogP contribution in [0.15, 0.2) is 18.2 Å². The predicted octanol–water partition coefficient (Wildman–Crippen LogP) is 2.02. The van der Waals surface area contributed by atoms with Gasteiger partial charge in [-0.25, -0.2) is 0 Å². The predicted molar refractivity (Wildman–Crippen MR) is 70.4 cm³/mol. The van der Waals surface area contributed by atoms with Gasteiger partial charge in [0.15, 0.2) is 0 Å². The summed E-state index contributed by atoms with van der Waals surface area (Å²) in [5.41, 5.74) is 0.989. The van der Waals surface area contributed by atoms with Crippen molar-refractivity contribution in [3.63, 3.8) is 0 Å². The number of hydrogen-bond acceptors (Lipinski definition) is 4. The monoisotopic (exact) mass is 271 g/mol. The van der Waals surface area contributed by atoms with E-state index in [4.69, 9.17) is 25.8 Å². The summed E-state index contributed by atoms with van der Waals surface area (Å²) in [7, 11) is 3.54. The van der Waals surface area contributed by atoms with Crippen molar-refractivity contribution in [1.29, 1.82) is 0 Å². The summed E-state index contributed by atoms with van der Waals surface area (Å²) >= 11 is 6.06. The van der Waals surface area contributed by atoms with Gasteiger partial charge in [0.05, 0.1) is 33.0 Å². The Balaban J connectivity index is 2.27. The molecule has 1 aromatic rings. The molecule has 5 heteroatoms. The van der Waals surface area contributed by atoms with Crippen molar-refractivity contribution < 1.29 is 14.2 Å². The van der Waals surface area contributed by atoms with Crippen LogP contribution in [0.3, 0.4) is 0 Å². The summed E-state index contributed by atoms with van der Waals surface area (Å²) in [5, 5.41) is 3.93. The van der Waals surface area contributed by atoms with E-state index in [0.29, 0.717) is 24.8 Å². The van der Waals surface area contributed by atoms with Crippen molar-refractivity contribution in [3.8, 4) is 5.75 Å². The van der Waals surface area contributed by atoms with Crippen LogP contribution >= 0.6 is 11.6 Å². The number of nitrogens with one attached hydrogen (secondary N) is 1. The number of benzene rings is 1. The molecule has 1 N–H and O–H groups in total. The van der Waals surface area contributed by atoms with E-state index in [0.717, 1.165) is 11.3 Å². The van der Waals surface area contributed by atoms with Gasteiger partial charge in [0.25, 0.3) is 0 Å². The normalized spacial score (nSPS) is 21.6. The molecule has 2 unspecified atom stereocenters. The highest BCUT2D eigenvalue weighted by molar-refractivity contribution is 6.30. The molecule has 0 aliphatic carbocycles. The molecular formula is C13H18ClNO3. The minimum atomic E-state index is -0.0314. The van der Waals surface area contributed by atoms with Gasteiger partial charge in [-0.3, -0.25) is 0 Å². The van der Waals surface area contributed by atoms with Crippen molar-refractivity contribution in [2.24, 2.45) is 0 Å². The summed E-state index contributed by atoms with van der Waals surface area (Å²) < 4.78 is 16.6. The lowest BCUT2D eigenvalue weighted by Crippen LogP contribution is -2.39. The van der Waals surface area contributed by atoms with Crippen molar-refractivity contribution in [2.75, 3.05) is 34.0 Å². The van der Waals surface area contributed by atoms with Gasteiger partial charge < -0.3 is 19.5 Å². The molecule has 1 fully saturated rings. The number of hydrogen-bond donors (Lipinski definition) is 1.